The molecule has 2 aromatic heterocycles. The number of carbonyl (C=O) groups excluding carboxylic acids is 1. The molecule has 2 rings (SSSR count). The quantitative estimate of drug-likeness (QED) is 0.749. The van der Waals surface area contributed by atoms with Crippen LogP contribution in [-0.4, -0.2) is 39.0 Å². The summed E-state index contributed by atoms with van der Waals surface area (Å²) in [7, 11) is 0. The van der Waals surface area contributed by atoms with Gasteiger partial charge in [-0.15, -0.1) is 10.2 Å². The molecule has 0 fully saturated rings. The van der Waals surface area contributed by atoms with Gasteiger partial charge >= 0.3 is 0 Å². The van der Waals surface area contributed by atoms with Gasteiger partial charge in [0.25, 0.3) is 0 Å². The van der Waals surface area contributed by atoms with Crippen LogP contribution in [0.1, 0.15) is 20.3 Å². The second-order valence-electron chi connectivity index (χ2n) is 5.10. The minimum absolute atomic E-state index is 0.0758. The first-order valence-electron chi connectivity index (χ1n) is 6.99. The maximum absolute atomic E-state index is 11.5. The van der Waals surface area contributed by atoms with Crippen molar-refractivity contribution in [2.75, 3.05) is 18.4 Å². The summed E-state index contributed by atoms with van der Waals surface area (Å²) in [6.07, 6.45) is 4.05. The Morgan fingerprint density at radius 1 is 1.29 bits per heavy atom. The van der Waals surface area contributed by atoms with Crippen LogP contribution in [0.25, 0.3) is 5.82 Å². The van der Waals surface area contributed by atoms with E-state index in [-0.39, 0.29) is 5.91 Å². The molecule has 0 saturated heterocycles. The van der Waals surface area contributed by atoms with Crippen LogP contribution in [0.5, 0.6) is 0 Å². The molecule has 7 heteroatoms. The molecule has 2 aromatic rings. The standard InChI is InChI=1S/C14H20N6O/c1-11(2)10-14(21)16-8-7-15-12-4-5-13(19-18-12)20-9-3-6-17-20/h3-6,9,11H,7-8,10H2,1-2H3,(H,15,18)(H,16,21). The van der Waals surface area contributed by atoms with Crippen molar-refractivity contribution in [3.05, 3.63) is 30.6 Å². The molecule has 0 aliphatic rings. The van der Waals surface area contributed by atoms with E-state index in [9.17, 15) is 4.79 Å². The normalized spacial score (nSPS) is 10.6. The molecule has 0 radical (unpaired) electrons. The van der Waals surface area contributed by atoms with Gasteiger partial charge in [-0.1, -0.05) is 13.8 Å². The summed E-state index contributed by atoms with van der Waals surface area (Å²) >= 11 is 0. The number of carbonyl (C=O) groups is 1. The molecular weight excluding hydrogens is 268 g/mol. The zero-order valence-corrected chi connectivity index (χ0v) is 12.3. The van der Waals surface area contributed by atoms with E-state index in [2.05, 4.69) is 25.9 Å². The van der Waals surface area contributed by atoms with Gasteiger partial charge in [0.05, 0.1) is 0 Å². The van der Waals surface area contributed by atoms with Gasteiger partial charge in [-0.05, 0) is 24.1 Å². The van der Waals surface area contributed by atoms with Crippen molar-refractivity contribution in [1.29, 1.82) is 0 Å². The summed E-state index contributed by atoms with van der Waals surface area (Å²) in [5.41, 5.74) is 0. The molecule has 2 N–H and O–H groups in total. The first-order valence-corrected chi connectivity index (χ1v) is 6.99. The number of aromatic nitrogens is 4. The summed E-state index contributed by atoms with van der Waals surface area (Å²) in [5.74, 6) is 1.78. The Kier molecular flexibility index (Phi) is 5.25. The Balaban J connectivity index is 1.73. The smallest absolute Gasteiger partial charge is 0.220 e. The van der Waals surface area contributed by atoms with E-state index in [1.54, 1.807) is 17.1 Å². The largest absolute Gasteiger partial charge is 0.367 e. The lowest BCUT2D eigenvalue weighted by atomic mass is 10.1. The summed E-state index contributed by atoms with van der Waals surface area (Å²) in [5, 5.41) is 18.2. The van der Waals surface area contributed by atoms with Crippen molar-refractivity contribution in [1.82, 2.24) is 25.3 Å². The molecule has 0 bridgehead atoms. The number of amides is 1. The highest BCUT2D eigenvalue weighted by Gasteiger charge is 2.03. The van der Waals surface area contributed by atoms with Gasteiger partial charge in [-0.3, -0.25) is 4.79 Å². The summed E-state index contributed by atoms with van der Waals surface area (Å²) in [6, 6.07) is 5.49. The van der Waals surface area contributed by atoms with Crippen LogP contribution >= 0.6 is 0 Å². The lowest BCUT2D eigenvalue weighted by Crippen LogP contribution is -2.29. The zero-order valence-electron chi connectivity index (χ0n) is 12.3. The van der Waals surface area contributed by atoms with E-state index < -0.39 is 0 Å². The lowest BCUT2D eigenvalue weighted by molar-refractivity contribution is -0.121. The monoisotopic (exact) mass is 288 g/mol. The Labute approximate surface area is 123 Å². The van der Waals surface area contributed by atoms with Crippen LogP contribution < -0.4 is 10.6 Å². The molecule has 112 valence electrons. The van der Waals surface area contributed by atoms with E-state index >= 15 is 0 Å². The van der Waals surface area contributed by atoms with E-state index in [4.69, 9.17) is 0 Å². The summed E-state index contributed by atoms with van der Waals surface area (Å²) in [4.78, 5) is 11.5. The van der Waals surface area contributed by atoms with Crippen molar-refractivity contribution >= 4 is 11.7 Å². The molecule has 0 aliphatic heterocycles. The number of anilines is 1. The first-order chi connectivity index (χ1) is 10.1. The van der Waals surface area contributed by atoms with Crippen LogP contribution in [0.15, 0.2) is 30.6 Å². The van der Waals surface area contributed by atoms with Gasteiger partial charge in [-0.25, -0.2) is 4.68 Å². The first kappa shape index (κ1) is 15.0. The van der Waals surface area contributed by atoms with Crippen molar-refractivity contribution in [2.24, 2.45) is 5.92 Å². The topological polar surface area (TPSA) is 84.7 Å². The minimum atomic E-state index is 0.0758. The molecule has 0 aliphatic carbocycles. The second kappa shape index (κ2) is 7.37. The van der Waals surface area contributed by atoms with E-state index in [0.29, 0.717) is 37.1 Å². The average molecular weight is 288 g/mol. The van der Waals surface area contributed by atoms with E-state index in [1.807, 2.05) is 32.0 Å². The summed E-state index contributed by atoms with van der Waals surface area (Å²) < 4.78 is 1.64. The number of hydrogen-bond acceptors (Lipinski definition) is 5. The maximum Gasteiger partial charge on any atom is 0.220 e. The third-order valence-electron chi connectivity index (χ3n) is 2.74. The van der Waals surface area contributed by atoms with Crippen LogP contribution in [0.3, 0.4) is 0 Å². The molecule has 1 amide bonds. The minimum Gasteiger partial charge on any atom is -0.367 e. The van der Waals surface area contributed by atoms with Crippen molar-refractivity contribution in [3.63, 3.8) is 0 Å². The van der Waals surface area contributed by atoms with Gasteiger partial charge < -0.3 is 10.6 Å². The predicted molar refractivity (Wildman–Crippen MR) is 80.1 cm³/mol. The van der Waals surface area contributed by atoms with Gasteiger partial charge in [0.1, 0.15) is 5.82 Å². The molecule has 0 atom stereocenters. The third-order valence-corrected chi connectivity index (χ3v) is 2.74. The highest BCUT2D eigenvalue weighted by molar-refractivity contribution is 5.76. The Hall–Kier alpha value is -2.44. The number of rotatable bonds is 7. The third kappa shape index (κ3) is 4.87. The van der Waals surface area contributed by atoms with Gasteiger partial charge in [0.15, 0.2) is 5.82 Å². The second-order valence-corrected chi connectivity index (χ2v) is 5.10. The van der Waals surface area contributed by atoms with Crippen molar-refractivity contribution in [3.8, 4) is 5.82 Å². The molecule has 7 nitrogen and oxygen atoms in total. The van der Waals surface area contributed by atoms with Crippen LogP contribution in [0.2, 0.25) is 0 Å². The van der Waals surface area contributed by atoms with E-state index in [0.717, 1.165) is 0 Å². The number of nitrogens with zero attached hydrogens (tertiary/aromatic N) is 4. The van der Waals surface area contributed by atoms with Crippen molar-refractivity contribution < 1.29 is 4.79 Å². The van der Waals surface area contributed by atoms with E-state index in [1.165, 1.54) is 0 Å². The van der Waals surface area contributed by atoms with Gasteiger partial charge in [0, 0.05) is 31.9 Å². The Morgan fingerprint density at radius 3 is 2.76 bits per heavy atom. The molecule has 0 unspecified atom stereocenters. The van der Waals surface area contributed by atoms with Crippen LogP contribution in [0, 0.1) is 5.92 Å². The molecule has 0 spiro atoms. The number of nitrogens with one attached hydrogen (secondary N) is 2. The van der Waals surface area contributed by atoms with Gasteiger partial charge in [-0.2, -0.15) is 5.10 Å². The molecule has 0 saturated carbocycles. The number of hydrogen-bond donors (Lipinski definition) is 2. The molecule has 0 aromatic carbocycles. The fourth-order valence-electron chi connectivity index (χ4n) is 1.78. The Bertz CT molecular complexity index is 549. The van der Waals surface area contributed by atoms with Crippen LogP contribution in [-0.2, 0) is 4.79 Å². The average Bonchev–Trinajstić information content (AvgIpc) is 2.98. The fraction of sp³-hybridized carbons (Fsp3) is 0.429. The maximum atomic E-state index is 11.5. The van der Waals surface area contributed by atoms with Gasteiger partial charge in [0.2, 0.25) is 5.91 Å². The molecular formula is C14H20N6O. The van der Waals surface area contributed by atoms with Crippen LogP contribution in [0.4, 0.5) is 5.82 Å². The Morgan fingerprint density at radius 2 is 2.14 bits per heavy atom. The molecule has 2 heterocycles. The SMILES string of the molecule is CC(C)CC(=O)NCCNc1ccc(-n2cccn2)nn1. The highest BCUT2D eigenvalue weighted by atomic mass is 16.1. The fourth-order valence-corrected chi connectivity index (χ4v) is 1.78. The van der Waals surface area contributed by atoms with Crippen molar-refractivity contribution in [2.45, 2.75) is 20.3 Å². The highest BCUT2D eigenvalue weighted by Crippen LogP contribution is 2.04. The summed E-state index contributed by atoms with van der Waals surface area (Å²) in [6.45, 7) is 5.22. The molecule has 21 heavy (non-hydrogen) atoms. The zero-order chi connectivity index (χ0) is 15.1. The predicted octanol–water partition coefficient (Wildman–Crippen LogP) is 1.24. The lowest BCUT2D eigenvalue weighted by Gasteiger charge is -2.08.